The zero-order valence-electron chi connectivity index (χ0n) is 13.2. The molecule has 26 heavy (non-hydrogen) atoms. The van der Waals surface area contributed by atoms with E-state index in [4.69, 9.17) is 60.6 Å². The normalized spacial score (nSPS) is 13.5. The maximum absolute atomic E-state index is 11.9. The standard InChI is InChI=1S/C17H13Cl4NO4/c18-12-5-10-7-24-9-26-15(10)11(6-12)8-25-14-4-2-1-3-13(14)22-16(23)17(19,20)21/h1-6H,7-9H2,(H,22,23). The van der Waals surface area contributed by atoms with Crippen LogP contribution in [0.4, 0.5) is 5.69 Å². The molecule has 1 amide bonds. The summed E-state index contributed by atoms with van der Waals surface area (Å²) in [6, 6.07) is 10.4. The molecule has 1 N–H and O–H groups in total. The van der Waals surface area contributed by atoms with Crippen LogP contribution in [0.3, 0.4) is 0 Å². The number of benzene rings is 2. The highest BCUT2D eigenvalue weighted by molar-refractivity contribution is 6.76. The van der Waals surface area contributed by atoms with Gasteiger partial charge in [0.05, 0.1) is 12.3 Å². The highest BCUT2D eigenvalue weighted by atomic mass is 35.6. The minimum absolute atomic E-state index is 0.164. The highest BCUT2D eigenvalue weighted by Crippen LogP contribution is 2.34. The summed E-state index contributed by atoms with van der Waals surface area (Å²) in [6.45, 7) is 0.750. The molecule has 9 heteroatoms. The predicted molar refractivity (Wildman–Crippen MR) is 101 cm³/mol. The van der Waals surface area contributed by atoms with Crippen molar-refractivity contribution in [2.75, 3.05) is 12.1 Å². The summed E-state index contributed by atoms with van der Waals surface area (Å²) in [5, 5.41) is 3.07. The number of para-hydroxylation sites is 2. The quantitative estimate of drug-likeness (QED) is 0.677. The Morgan fingerprint density at radius 2 is 2.00 bits per heavy atom. The molecule has 0 saturated carbocycles. The predicted octanol–water partition coefficient (Wildman–Crippen LogP) is 5.09. The number of hydrogen-bond acceptors (Lipinski definition) is 4. The number of rotatable bonds is 4. The maximum atomic E-state index is 11.9. The van der Waals surface area contributed by atoms with Crippen LogP contribution in [0.5, 0.6) is 11.5 Å². The number of amides is 1. The molecule has 5 nitrogen and oxygen atoms in total. The van der Waals surface area contributed by atoms with E-state index in [0.717, 1.165) is 11.1 Å². The van der Waals surface area contributed by atoms with Gasteiger partial charge >= 0.3 is 0 Å². The van der Waals surface area contributed by atoms with E-state index in [1.54, 1.807) is 36.4 Å². The Hall–Kier alpha value is -1.37. The number of nitrogens with one attached hydrogen (secondary N) is 1. The molecule has 1 heterocycles. The van der Waals surface area contributed by atoms with Crippen LogP contribution in [0, 0.1) is 0 Å². The molecule has 0 aliphatic carbocycles. The van der Waals surface area contributed by atoms with E-state index < -0.39 is 9.70 Å². The van der Waals surface area contributed by atoms with Crippen LogP contribution in [0.15, 0.2) is 36.4 Å². The Labute approximate surface area is 170 Å². The van der Waals surface area contributed by atoms with Crippen molar-refractivity contribution in [2.45, 2.75) is 17.0 Å². The lowest BCUT2D eigenvalue weighted by atomic mass is 10.1. The zero-order chi connectivity index (χ0) is 18.7. The first kappa shape index (κ1) is 19.4. The van der Waals surface area contributed by atoms with Gasteiger partial charge in [0.2, 0.25) is 0 Å². The lowest BCUT2D eigenvalue weighted by Gasteiger charge is -2.21. The summed E-state index contributed by atoms with van der Waals surface area (Å²) in [7, 11) is 0. The molecule has 0 radical (unpaired) electrons. The molecular formula is C17H13Cl4NO4. The van der Waals surface area contributed by atoms with Crippen molar-refractivity contribution in [1.29, 1.82) is 0 Å². The minimum Gasteiger partial charge on any atom is -0.487 e. The smallest absolute Gasteiger partial charge is 0.276 e. The first-order valence-corrected chi connectivity index (χ1v) is 8.97. The third-order valence-corrected chi connectivity index (χ3v) is 4.26. The summed E-state index contributed by atoms with van der Waals surface area (Å²) >= 11 is 22.9. The summed E-state index contributed by atoms with van der Waals surface area (Å²) in [5.74, 6) is 0.318. The number of carbonyl (C=O) groups excluding carboxylic acids is 1. The second-order valence-electron chi connectivity index (χ2n) is 5.40. The van der Waals surface area contributed by atoms with Gasteiger partial charge in [0.1, 0.15) is 18.1 Å². The summed E-state index contributed by atoms with van der Waals surface area (Å²) < 4.78 is 14.6. The molecule has 2 aromatic rings. The van der Waals surface area contributed by atoms with E-state index >= 15 is 0 Å². The fourth-order valence-corrected chi connectivity index (χ4v) is 2.81. The monoisotopic (exact) mass is 435 g/mol. The van der Waals surface area contributed by atoms with Gasteiger partial charge in [-0.2, -0.15) is 0 Å². The second-order valence-corrected chi connectivity index (χ2v) is 8.12. The van der Waals surface area contributed by atoms with Crippen molar-refractivity contribution in [1.82, 2.24) is 0 Å². The van der Waals surface area contributed by atoms with Gasteiger partial charge in [-0.05, 0) is 24.3 Å². The Morgan fingerprint density at radius 3 is 2.77 bits per heavy atom. The summed E-state index contributed by atoms with van der Waals surface area (Å²) in [6.07, 6.45) is 0. The molecule has 0 saturated heterocycles. The molecule has 0 unspecified atom stereocenters. The fraction of sp³-hybridized carbons (Fsp3) is 0.235. The van der Waals surface area contributed by atoms with E-state index in [1.165, 1.54) is 0 Å². The van der Waals surface area contributed by atoms with Gasteiger partial charge in [0.25, 0.3) is 9.70 Å². The number of carbonyl (C=O) groups is 1. The van der Waals surface area contributed by atoms with Crippen LogP contribution >= 0.6 is 46.4 Å². The van der Waals surface area contributed by atoms with Crippen molar-refractivity contribution >= 4 is 58.0 Å². The van der Waals surface area contributed by atoms with E-state index in [2.05, 4.69) is 5.32 Å². The molecule has 0 bridgehead atoms. The van der Waals surface area contributed by atoms with Crippen molar-refractivity contribution in [3.05, 3.63) is 52.5 Å². The lowest BCUT2D eigenvalue weighted by Crippen LogP contribution is -2.27. The fourth-order valence-electron chi connectivity index (χ4n) is 2.41. The SMILES string of the molecule is O=C(Nc1ccccc1OCc1cc(Cl)cc2c1OCOC2)C(Cl)(Cl)Cl. The Balaban J connectivity index is 1.79. The molecule has 3 rings (SSSR count). The number of halogens is 4. The van der Waals surface area contributed by atoms with Crippen LogP contribution in [-0.2, 0) is 22.7 Å². The molecule has 1 aliphatic heterocycles. The van der Waals surface area contributed by atoms with Crippen LogP contribution in [0.2, 0.25) is 5.02 Å². The molecule has 138 valence electrons. The minimum atomic E-state index is -2.08. The largest absolute Gasteiger partial charge is 0.487 e. The van der Waals surface area contributed by atoms with Crippen LogP contribution in [0.25, 0.3) is 0 Å². The van der Waals surface area contributed by atoms with E-state index in [1.807, 2.05) is 0 Å². The van der Waals surface area contributed by atoms with Gasteiger partial charge in [-0.1, -0.05) is 58.5 Å². The third kappa shape index (κ3) is 4.67. The molecule has 0 atom stereocenters. The van der Waals surface area contributed by atoms with Crippen molar-refractivity contribution in [2.24, 2.45) is 0 Å². The number of ether oxygens (including phenoxy) is 3. The van der Waals surface area contributed by atoms with E-state index in [-0.39, 0.29) is 13.4 Å². The van der Waals surface area contributed by atoms with Crippen molar-refractivity contribution in [3.63, 3.8) is 0 Å². The Morgan fingerprint density at radius 1 is 1.23 bits per heavy atom. The zero-order valence-corrected chi connectivity index (χ0v) is 16.3. The number of hydrogen-bond donors (Lipinski definition) is 1. The van der Waals surface area contributed by atoms with E-state index in [0.29, 0.717) is 28.8 Å². The van der Waals surface area contributed by atoms with Gasteiger partial charge in [0, 0.05) is 16.1 Å². The van der Waals surface area contributed by atoms with Crippen LogP contribution in [0.1, 0.15) is 11.1 Å². The van der Waals surface area contributed by atoms with Gasteiger partial charge < -0.3 is 19.5 Å². The Kier molecular flexibility index (Phi) is 6.05. The lowest BCUT2D eigenvalue weighted by molar-refractivity contribution is -0.115. The molecule has 1 aliphatic rings. The molecular weight excluding hydrogens is 424 g/mol. The van der Waals surface area contributed by atoms with Crippen molar-refractivity contribution in [3.8, 4) is 11.5 Å². The van der Waals surface area contributed by atoms with Crippen LogP contribution in [-0.4, -0.2) is 16.5 Å². The molecule has 0 spiro atoms. The topological polar surface area (TPSA) is 56.8 Å². The van der Waals surface area contributed by atoms with Gasteiger partial charge in [-0.15, -0.1) is 0 Å². The first-order valence-electron chi connectivity index (χ1n) is 7.46. The van der Waals surface area contributed by atoms with E-state index in [9.17, 15) is 4.79 Å². The second kappa shape index (κ2) is 8.11. The average Bonchev–Trinajstić information content (AvgIpc) is 2.59. The van der Waals surface area contributed by atoms with Crippen LogP contribution < -0.4 is 14.8 Å². The molecule has 2 aromatic carbocycles. The Bertz CT molecular complexity index is 823. The maximum Gasteiger partial charge on any atom is 0.276 e. The number of alkyl halides is 3. The third-order valence-electron chi connectivity index (χ3n) is 3.53. The first-order chi connectivity index (χ1) is 12.3. The van der Waals surface area contributed by atoms with Gasteiger partial charge in [-0.3, -0.25) is 4.79 Å². The van der Waals surface area contributed by atoms with Gasteiger partial charge in [0.15, 0.2) is 6.79 Å². The molecule has 0 aromatic heterocycles. The summed E-state index contributed by atoms with van der Waals surface area (Å²) in [5.41, 5.74) is 1.99. The number of anilines is 1. The van der Waals surface area contributed by atoms with Crippen molar-refractivity contribution < 1.29 is 19.0 Å². The average molecular weight is 437 g/mol. The van der Waals surface area contributed by atoms with Gasteiger partial charge in [-0.25, -0.2) is 0 Å². The number of fused-ring (bicyclic) bond motifs is 1. The highest BCUT2D eigenvalue weighted by Gasteiger charge is 2.31. The summed E-state index contributed by atoms with van der Waals surface area (Å²) in [4.78, 5) is 11.9. The molecule has 0 fully saturated rings.